The Kier molecular flexibility index (Phi) is 4.16. The molecule has 1 unspecified atom stereocenters. The summed E-state index contributed by atoms with van der Waals surface area (Å²) in [5.74, 6) is -0.351. The van der Waals surface area contributed by atoms with Crippen LogP contribution in [0.25, 0.3) is 0 Å². The van der Waals surface area contributed by atoms with Crippen molar-refractivity contribution in [2.45, 2.75) is 25.3 Å². The maximum atomic E-state index is 12.1. The molecule has 1 saturated heterocycles. The Balaban J connectivity index is 2.05. The molecule has 1 atom stereocenters. The van der Waals surface area contributed by atoms with Crippen LogP contribution in [0.15, 0.2) is 15.7 Å². The second-order valence-electron chi connectivity index (χ2n) is 4.83. The molecule has 1 aliphatic heterocycles. The van der Waals surface area contributed by atoms with Gasteiger partial charge in [0.2, 0.25) is 0 Å². The highest BCUT2D eigenvalue weighted by molar-refractivity contribution is 5.91. The van der Waals surface area contributed by atoms with E-state index in [4.69, 9.17) is 0 Å². The third-order valence-corrected chi connectivity index (χ3v) is 3.24. The third kappa shape index (κ3) is 3.54. The van der Waals surface area contributed by atoms with E-state index >= 15 is 0 Å². The van der Waals surface area contributed by atoms with E-state index in [9.17, 15) is 14.4 Å². The smallest absolute Gasteiger partial charge is 0.326 e. The molecule has 2 rings (SSSR count). The Labute approximate surface area is 110 Å². The SMILES string of the molecule is CN(CC1CCCCN1)C(=O)c1cc(=O)[nH]c(=O)[nH]1. The highest BCUT2D eigenvalue weighted by atomic mass is 16.2. The fourth-order valence-corrected chi connectivity index (χ4v) is 2.28. The van der Waals surface area contributed by atoms with Gasteiger partial charge in [-0.3, -0.25) is 14.6 Å². The molecule has 104 valence electrons. The van der Waals surface area contributed by atoms with Crippen LogP contribution in [0.4, 0.5) is 0 Å². The molecule has 0 radical (unpaired) electrons. The number of amides is 1. The fraction of sp³-hybridized carbons (Fsp3) is 0.583. The standard InChI is InChI=1S/C12H18N4O3/c1-16(7-8-4-2-3-5-13-8)11(18)9-6-10(17)15-12(19)14-9/h6,8,13H,2-5,7H2,1H3,(H2,14,15,17,19). The molecule has 0 aliphatic carbocycles. The predicted octanol–water partition coefficient (Wildman–Crippen LogP) is -0.723. The summed E-state index contributed by atoms with van der Waals surface area (Å²) in [5.41, 5.74) is -1.22. The lowest BCUT2D eigenvalue weighted by Crippen LogP contribution is -2.44. The van der Waals surface area contributed by atoms with Gasteiger partial charge in [-0.25, -0.2) is 4.79 Å². The Morgan fingerprint density at radius 3 is 2.79 bits per heavy atom. The minimum Gasteiger partial charge on any atom is -0.339 e. The molecule has 0 aromatic carbocycles. The number of hydrogen-bond acceptors (Lipinski definition) is 4. The van der Waals surface area contributed by atoms with Crippen molar-refractivity contribution in [3.05, 3.63) is 32.6 Å². The molecular formula is C12H18N4O3. The van der Waals surface area contributed by atoms with Gasteiger partial charge in [0.1, 0.15) is 5.69 Å². The van der Waals surface area contributed by atoms with Gasteiger partial charge in [-0.15, -0.1) is 0 Å². The van der Waals surface area contributed by atoms with E-state index in [2.05, 4.69) is 10.3 Å². The van der Waals surface area contributed by atoms with E-state index in [0.29, 0.717) is 6.54 Å². The number of nitrogens with zero attached hydrogens (tertiary/aromatic N) is 1. The van der Waals surface area contributed by atoms with Crippen LogP contribution in [-0.4, -0.2) is 47.0 Å². The molecular weight excluding hydrogens is 248 g/mol. The number of hydrogen-bond donors (Lipinski definition) is 3. The minimum atomic E-state index is -0.667. The number of piperidine rings is 1. The first-order chi connectivity index (χ1) is 9.06. The van der Waals surface area contributed by atoms with Gasteiger partial charge in [-0.2, -0.15) is 0 Å². The zero-order chi connectivity index (χ0) is 13.8. The maximum Gasteiger partial charge on any atom is 0.326 e. The Hall–Kier alpha value is -1.89. The second-order valence-corrected chi connectivity index (χ2v) is 4.83. The van der Waals surface area contributed by atoms with E-state index in [-0.39, 0.29) is 17.6 Å². The quantitative estimate of drug-likeness (QED) is 0.672. The Bertz CT molecular complexity index is 528. The third-order valence-electron chi connectivity index (χ3n) is 3.24. The molecule has 0 saturated carbocycles. The Morgan fingerprint density at radius 1 is 1.37 bits per heavy atom. The van der Waals surface area contributed by atoms with Crippen LogP contribution in [0.5, 0.6) is 0 Å². The van der Waals surface area contributed by atoms with Crippen LogP contribution in [0.1, 0.15) is 29.8 Å². The summed E-state index contributed by atoms with van der Waals surface area (Å²) >= 11 is 0. The van der Waals surface area contributed by atoms with Gasteiger partial charge >= 0.3 is 5.69 Å². The number of nitrogens with one attached hydrogen (secondary N) is 3. The number of carbonyl (C=O) groups excluding carboxylic acids is 1. The summed E-state index contributed by atoms with van der Waals surface area (Å²) in [6.45, 7) is 1.53. The molecule has 1 aromatic rings. The number of aromatic amines is 2. The molecule has 3 N–H and O–H groups in total. The highest BCUT2D eigenvalue weighted by Crippen LogP contribution is 2.08. The minimum absolute atomic E-state index is 0.0204. The van der Waals surface area contributed by atoms with Gasteiger partial charge in [-0.05, 0) is 19.4 Å². The van der Waals surface area contributed by atoms with E-state index in [1.165, 1.54) is 4.90 Å². The number of rotatable bonds is 3. The van der Waals surface area contributed by atoms with Gasteiger partial charge in [0.05, 0.1) is 0 Å². The monoisotopic (exact) mass is 266 g/mol. The van der Waals surface area contributed by atoms with Crippen LogP contribution in [0.3, 0.4) is 0 Å². The van der Waals surface area contributed by atoms with E-state index in [0.717, 1.165) is 31.9 Å². The summed E-state index contributed by atoms with van der Waals surface area (Å²) in [6, 6.07) is 1.38. The summed E-state index contributed by atoms with van der Waals surface area (Å²) in [7, 11) is 1.66. The van der Waals surface area contributed by atoms with Gasteiger partial charge < -0.3 is 15.2 Å². The molecule has 1 aromatic heterocycles. The zero-order valence-corrected chi connectivity index (χ0v) is 10.9. The van der Waals surface area contributed by atoms with Crippen molar-refractivity contribution >= 4 is 5.91 Å². The molecule has 7 heteroatoms. The number of carbonyl (C=O) groups is 1. The summed E-state index contributed by atoms with van der Waals surface area (Å²) in [6.07, 6.45) is 3.35. The van der Waals surface area contributed by atoms with E-state index in [1.807, 2.05) is 4.98 Å². The first kappa shape index (κ1) is 13.5. The van der Waals surface area contributed by atoms with Crippen molar-refractivity contribution in [1.29, 1.82) is 0 Å². The van der Waals surface area contributed by atoms with E-state index < -0.39 is 11.2 Å². The first-order valence-electron chi connectivity index (χ1n) is 6.39. The summed E-state index contributed by atoms with van der Waals surface area (Å²) in [5, 5.41) is 3.35. The number of aromatic nitrogens is 2. The van der Waals surface area contributed by atoms with Crippen molar-refractivity contribution in [3.63, 3.8) is 0 Å². The summed E-state index contributed by atoms with van der Waals surface area (Å²) < 4.78 is 0. The lowest BCUT2D eigenvalue weighted by atomic mass is 10.0. The zero-order valence-electron chi connectivity index (χ0n) is 10.9. The molecule has 1 fully saturated rings. The first-order valence-corrected chi connectivity index (χ1v) is 6.39. The second kappa shape index (κ2) is 5.83. The topological polar surface area (TPSA) is 98.1 Å². The van der Waals surface area contributed by atoms with Gasteiger partial charge in [0.25, 0.3) is 11.5 Å². The van der Waals surface area contributed by atoms with Crippen LogP contribution >= 0.6 is 0 Å². The molecule has 1 amide bonds. The van der Waals surface area contributed by atoms with Crippen molar-refractivity contribution in [2.75, 3.05) is 20.1 Å². The van der Waals surface area contributed by atoms with Crippen LogP contribution < -0.4 is 16.6 Å². The van der Waals surface area contributed by atoms with Crippen molar-refractivity contribution in [3.8, 4) is 0 Å². The lowest BCUT2D eigenvalue weighted by molar-refractivity contribution is 0.0769. The number of H-pyrrole nitrogens is 2. The average molecular weight is 266 g/mol. The molecule has 19 heavy (non-hydrogen) atoms. The molecule has 1 aliphatic rings. The van der Waals surface area contributed by atoms with E-state index in [1.54, 1.807) is 7.05 Å². The van der Waals surface area contributed by atoms with Crippen molar-refractivity contribution < 1.29 is 4.79 Å². The average Bonchev–Trinajstić information content (AvgIpc) is 2.37. The molecule has 0 spiro atoms. The van der Waals surface area contributed by atoms with Gasteiger partial charge in [-0.1, -0.05) is 6.42 Å². The van der Waals surface area contributed by atoms with Crippen molar-refractivity contribution in [2.24, 2.45) is 0 Å². The van der Waals surface area contributed by atoms with Crippen LogP contribution in [0.2, 0.25) is 0 Å². The van der Waals surface area contributed by atoms with Crippen molar-refractivity contribution in [1.82, 2.24) is 20.2 Å². The molecule has 7 nitrogen and oxygen atoms in total. The molecule has 2 heterocycles. The highest BCUT2D eigenvalue weighted by Gasteiger charge is 2.19. The maximum absolute atomic E-state index is 12.1. The predicted molar refractivity (Wildman–Crippen MR) is 70.3 cm³/mol. The van der Waals surface area contributed by atoms with Crippen LogP contribution in [-0.2, 0) is 0 Å². The summed E-state index contributed by atoms with van der Waals surface area (Å²) in [4.78, 5) is 40.3. The number of likely N-dealkylation sites (N-methyl/N-ethyl adjacent to an activating group) is 1. The largest absolute Gasteiger partial charge is 0.339 e. The lowest BCUT2D eigenvalue weighted by Gasteiger charge is -2.28. The van der Waals surface area contributed by atoms with Gasteiger partial charge in [0, 0.05) is 25.7 Å². The normalized spacial score (nSPS) is 19.1. The Morgan fingerprint density at radius 2 is 2.16 bits per heavy atom. The van der Waals surface area contributed by atoms with Crippen LogP contribution in [0, 0.1) is 0 Å². The van der Waals surface area contributed by atoms with Gasteiger partial charge in [0.15, 0.2) is 0 Å². The molecule has 0 bridgehead atoms. The fourth-order valence-electron chi connectivity index (χ4n) is 2.28.